The van der Waals surface area contributed by atoms with E-state index in [1.54, 1.807) is 0 Å². The molecule has 0 unspecified atom stereocenters. The summed E-state index contributed by atoms with van der Waals surface area (Å²) in [6.45, 7) is 3.96. The Kier molecular flexibility index (Phi) is 5.36. The van der Waals surface area contributed by atoms with Crippen LogP contribution >= 0.6 is 0 Å². The third-order valence-corrected chi connectivity index (χ3v) is 6.63. The van der Waals surface area contributed by atoms with E-state index in [1.165, 1.54) is 11.1 Å². The summed E-state index contributed by atoms with van der Waals surface area (Å²) >= 11 is 0. The Hall–Kier alpha value is -2.92. The zero-order chi connectivity index (χ0) is 21.4. The minimum absolute atomic E-state index is 0.384. The third-order valence-electron chi connectivity index (χ3n) is 6.63. The fourth-order valence-corrected chi connectivity index (χ4v) is 5.05. The van der Waals surface area contributed by atoms with E-state index in [0.717, 1.165) is 66.0 Å². The molecule has 0 saturated heterocycles. The highest BCUT2D eigenvalue weighted by atomic mass is 16.5. The van der Waals surface area contributed by atoms with E-state index in [-0.39, 0.29) is 0 Å². The summed E-state index contributed by atoms with van der Waals surface area (Å²) in [6, 6.07) is 17.7. The van der Waals surface area contributed by atoms with Gasteiger partial charge < -0.3 is 13.8 Å². The molecular formula is C26H29N3O2. The van der Waals surface area contributed by atoms with Crippen molar-refractivity contribution in [2.45, 2.75) is 58.1 Å². The zero-order valence-corrected chi connectivity index (χ0v) is 18.5. The minimum Gasteiger partial charge on any atom is -0.381 e. The molecule has 0 amide bonds. The van der Waals surface area contributed by atoms with Crippen molar-refractivity contribution in [2.24, 2.45) is 0 Å². The molecule has 0 N–H and O–H groups in total. The Morgan fingerprint density at radius 3 is 2.48 bits per heavy atom. The van der Waals surface area contributed by atoms with Gasteiger partial charge in [-0.15, -0.1) is 0 Å². The molecule has 160 valence electrons. The molecule has 1 saturated carbocycles. The Labute approximate surface area is 183 Å². The average Bonchev–Trinajstić information content (AvgIpc) is 3.32. The van der Waals surface area contributed by atoms with Gasteiger partial charge in [0.2, 0.25) is 0 Å². The van der Waals surface area contributed by atoms with Gasteiger partial charge in [0, 0.05) is 25.1 Å². The molecule has 1 aliphatic rings. The number of imidazole rings is 1. The number of nitrogens with zero attached hydrogens (tertiary/aromatic N) is 3. The van der Waals surface area contributed by atoms with E-state index in [0.29, 0.717) is 12.1 Å². The van der Waals surface area contributed by atoms with Gasteiger partial charge in [0.25, 0.3) is 0 Å². The predicted molar refractivity (Wildman–Crippen MR) is 122 cm³/mol. The Morgan fingerprint density at radius 1 is 1.03 bits per heavy atom. The standard InChI is InChI=1S/C26H29N3O2/c1-17-26(18(2)31-28-17)20-9-14-24-23(16-20)27-25(15-19-7-5-4-6-8-19)29(24)21-10-12-22(30-3)13-11-21/h4-9,14,16,21-22H,10-13,15H2,1-3H3. The van der Waals surface area contributed by atoms with E-state index in [4.69, 9.17) is 14.2 Å². The van der Waals surface area contributed by atoms with Crippen LogP contribution in [0, 0.1) is 13.8 Å². The molecular weight excluding hydrogens is 386 g/mol. The first kappa shape index (κ1) is 20.0. The van der Waals surface area contributed by atoms with Crippen molar-refractivity contribution in [3.8, 4) is 11.1 Å². The van der Waals surface area contributed by atoms with Crippen LogP contribution in [0.3, 0.4) is 0 Å². The SMILES string of the molecule is COC1CCC(n2c(Cc3ccccc3)nc3cc(-c4c(C)noc4C)ccc32)CC1. The van der Waals surface area contributed by atoms with Crippen molar-refractivity contribution in [2.75, 3.05) is 7.11 Å². The van der Waals surface area contributed by atoms with Crippen LogP contribution in [0.1, 0.15) is 54.6 Å². The first-order valence-corrected chi connectivity index (χ1v) is 11.1. The fraction of sp³-hybridized carbons (Fsp3) is 0.385. The normalized spacial score (nSPS) is 19.2. The van der Waals surface area contributed by atoms with Crippen molar-refractivity contribution in [1.29, 1.82) is 0 Å². The molecule has 5 heteroatoms. The van der Waals surface area contributed by atoms with Gasteiger partial charge in [-0.3, -0.25) is 0 Å². The number of fused-ring (bicyclic) bond motifs is 1. The second-order valence-corrected chi connectivity index (χ2v) is 8.63. The summed E-state index contributed by atoms with van der Waals surface area (Å²) in [5, 5.41) is 4.13. The average molecular weight is 416 g/mol. The maximum atomic E-state index is 5.61. The first-order valence-electron chi connectivity index (χ1n) is 11.1. The van der Waals surface area contributed by atoms with E-state index in [1.807, 2.05) is 21.0 Å². The highest BCUT2D eigenvalue weighted by molar-refractivity contribution is 5.83. The molecule has 4 aromatic rings. The summed E-state index contributed by atoms with van der Waals surface area (Å²) < 4.78 is 13.5. The smallest absolute Gasteiger partial charge is 0.141 e. The Bertz CT molecular complexity index is 1160. The molecule has 0 atom stereocenters. The molecule has 31 heavy (non-hydrogen) atoms. The van der Waals surface area contributed by atoms with Crippen molar-refractivity contribution < 1.29 is 9.26 Å². The summed E-state index contributed by atoms with van der Waals surface area (Å²) in [5.41, 5.74) is 6.64. The molecule has 5 rings (SSSR count). The van der Waals surface area contributed by atoms with E-state index in [9.17, 15) is 0 Å². The van der Waals surface area contributed by atoms with Gasteiger partial charge in [-0.25, -0.2) is 4.98 Å². The lowest BCUT2D eigenvalue weighted by Gasteiger charge is -2.30. The van der Waals surface area contributed by atoms with Gasteiger partial charge in [0.05, 0.1) is 22.8 Å². The van der Waals surface area contributed by atoms with Gasteiger partial charge >= 0.3 is 0 Å². The van der Waals surface area contributed by atoms with Gasteiger partial charge in [-0.05, 0) is 62.8 Å². The van der Waals surface area contributed by atoms with Gasteiger partial charge in [0.15, 0.2) is 0 Å². The molecule has 1 aliphatic carbocycles. The van der Waals surface area contributed by atoms with Crippen LogP contribution in [0.25, 0.3) is 22.2 Å². The summed E-state index contributed by atoms with van der Waals surface area (Å²) in [4.78, 5) is 5.13. The molecule has 1 fully saturated rings. The quantitative estimate of drug-likeness (QED) is 0.399. The molecule has 2 heterocycles. The van der Waals surface area contributed by atoms with E-state index in [2.05, 4.69) is 58.3 Å². The molecule has 0 aliphatic heterocycles. The van der Waals surface area contributed by atoms with Gasteiger partial charge in [-0.1, -0.05) is 41.6 Å². The molecule has 0 spiro atoms. The second-order valence-electron chi connectivity index (χ2n) is 8.63. The number of rotatable bonds is 5. The topological polar surface area (TPSA) is 53.1 Å². The summed E-state index contributed by atoms with van der Waals surface area (Å²) in [7, 11) is 1.83. The highest BCUT2D eigenvalue weighted by Crippen LogP contribution is 2.36. The lowest BCUT2D eigenvalue weighted by Crippen LogP contribution is -2.23. The largest absolute Gasteiger partial charge is 0.381 e. The van der Waals surface area contributed by atoms with E-state index >= 15 is 0 Å². The molecule has 5 nitrogen and oxygen atoms in total. The van der Waals surface area contributed by atoms with Crippen LogP contribution in [-0.2, 0) is 11.2 Å². The number of aryl methyl sites for hydroxylation is 2. The molecule has 2 aromatic heterocycles. The van der Waals surface area contributed by atoms with Crippen molar-refractivity contribution in [3.63, 3.8) is 0 Å². The van der Waals surface area contributed by atoms with Crippen LogP contribution < -0.4 is 0 Å². The molecule has 0 bridgehead atoms. The summed E-state index contributed by atoms with van der Waals surface area (Å²) in [5.74, 6) is 1.98. The van der Waals surface area contributed by atoms with Crippen LogP contribution in [0.4, 0.5) is 0 Å². The first-order chi connectivity index (χ1) is 15.1. The Balaban J connectivity index is 1.59. The van der Waals surface area contributed by atoms with Crippen LogP contribution in [-0.4, -0.2) is 27.9 Å². The zero-order valence-electron chi connectivity index (χ0n) is 18.5. The van der Waals surface area contributed by atoms with Crippen LogP contribution in [0.2, 0.25) is 0 Å². The number of ether oxygens (including phenoxy) is 1. The highest BCUT2D eigenvalue weighted by Gasteiger charge is 2.26. The number of aromatic nitrogens is 3. The number of hydrogen-bond donors (Lipinski definition) is 0. The lowest BCUT2D eigenvalue weighted by atomic mass is 9.92. The van der Waals surface area contributed by atoms with Gasteiger partial charge in [0.1, 0.15) is 11.6 Å². The lowest BCUT2D eigenvalue weighted by molar-refractivity contribution is 0.0586. The van der Waals surface area contributed by atoms with E-state index < -0.39 is 0 Å². The number of benzene rings is 2. The maximum absolute atomic E-state index is 5.61. The maximum Gasteiger partial charge on any atom is 0.141 e. The van der Waals surface area contributed by atoms with Crippen LogP contribution in [0.5, 0.6) is 0 Å². The van der Waals surface area contributed by atoms with Crippen molar-refractivity contribution >= 4 is 11.0 Å². The van der Waals surface area contributed by atoms with Crippen molar-refractivity contribution in [1.82, 2.24) is 14.7 Å². The minimum atomic E-state index is 0.384. The number of methoxy groups -OCH3 is 1. The summed E-state index contributed by atoms with van der Waals surface area (Å²) in [6.07, 6.45) is 5.66. The molecule has 0 radical (unpaired) electrons. The molecule has 2 aromatic carbocycles. The second kappa shape index (κ2) is 8.31. The van der Waals surface area contributed by atoms with Crippen LogP contribution in [0.15, 0.2) is 53.1 Å². The third kappa shape index (κ3) is 3.79. The van der Waals surface area contributed by atoms with Crippen molar-refractivity contribution in [3.05, 3.63) is 71.4 Å². The fourth-order valence-electron chi connectivity index (χ4n) is 5.05. The Morgan fingerprint density at radius 2 is 1.81 bits per heavy atom. The monoisotopic (exact) mass is 415 g/mol. The van der Waals surface area contributed by atoms with Gasteiger partial charge in [-0.2, -0.15) is 0 Å². The number of hydrogen-bond acceptors (Lipinski definition) is 4. The predicted octanol–water partition coefficient (Wildman–Crippen LogP) is 6.03.